The largest absolute Gasteiger partial charge is 0.361 e. The lowest BCUT2D eigenvalue weighted by atomic mass is 9.84. The van der Waals surface area contributed by atoms with Gasteiger partial charge in [-0.1, -0.05) is 48.2 Å². The quantitative estimate of drug-likeness (QED) is 0.0889. The Hall–Kier alpha value is -5.32. The van der Waals surface area contributed by atoms with E-state index in [0.29, 0.717) is 60.9 Å². The third-order valence-corrected chi connectivity index (χ3v) is 23.1. The minimum Gasteiger partial charge on any atom is -0.361 e. The Balaban J connectivity index is 0.000000170. The van der Waals surface area contributed by atoms with Crippen LogP contribution in [0, 0.1) is 33.1 Å². The lowest BCUT2D eigenvalue weighted by molar-refractivity contribution is -0.142. The van der Waals surface area contributed by atoms with Gasteiger partial charge >= 0.3 is 0 Å². The first kappa shape index (κ1) is 61.9. The number of aryl methyl sites for hydroxylation is 5. The zero-order valence-corrected chi connectivity index (χ0v) is 55.0. The van der Waals surface area contributed by atoms with E-state index in [-0.39, 0.29) is 5.41 Å². The first-order valence-corrected chi connectivity index (χ1v) is 34.8. The normalized spacial score (nSPS) is 23.0. The summed E-state index contributed by atoms with van der Waals surface area (Å²) in [6, 6.07) is 17.8. The fraction of sp³-hybridized carbons (Fsp3) is 0.639. The van der Waals surface area contributed by atoms with Crippen molar-refractivity contribution in [3.8, 4) is 22.5 Å². The number of benzene rings is 2. The lowest BCUT2D eigenvalue weighted by Gasteiger charge is -2.35. The van der Waals surface area contributed by atoms with Crippen molar-refractivity contribution < 1.29 is 19.2 Å². The van der Waals surface area contributed by atoms with Gasteiger partial charge in [-0.15, -0.1) is 11.3 Å². The van der Waals surface area contributed by atoms with Gasteiger partial charge in [0.1, 0.15) is 4.83 Å². The summed E-state index contributed by atoms with van der Waals surface area (Å²) < 4.78 is 0. The highest BCUT2D eigenvalue weighted by molar-refractivity contribution is 7.19. The number of hydrogen-bond acceptors (Lipinski definition) is 9. The number of amides is 4. The third kappa shape index (κ3) is 13.6. The van der Waals surface area contributed by atoms with Crippen LogP contribution in [0.4, 0.5) is 0 Å². The maximum absolute atomic E-state index is 14.0. The van der Waals surface area contributed by atoms with Crippen LogP contribution in [0.5, 0.6) is 0 Å². The zero-order chi connectivity index (χ0) is 60.7. The number of H-pyrrole nitrogens is 2. The molecule has 0 aliphatic carbocycles. The Morgan fingerprint density at radius 3 is 1.37 bits per heavy atom. The number of carbonyl (C=O) groups is 4. The number of nitrogens with one attached hydrogen (secondary N) is 2. The molecular weight excluding hydrogens is 1100 g/mol. The maximum Gasteiger partial charge on any atom is 0.236 e. The van der Waals surface area contributed by atoms with Crippen molar-refractivity contribution in [3.63, 3.8) is 0 Å². The second-order valence-electron chi connectivity index (χ2n) is 29.0. The number of fused-ring (bicyclic) bond motifs is 5. The van der Waals surface area contributed by atoms with Gasteiger partial charge in [-0.05, 0) is 202 Å². The van der Waals surface area contributed by atoms with Crippen molar-refractivity contribution in [2.75, 3.05) is 105 Å². The molecule has 13 rings (SSSR count). The monoisotopic (exact) mass is 1200 g/mol. The van der Waals surface area contributed by atoms with Crippen LogP contribution in [-0.2, 0) is 43.9 Å². The molecule has 11 heterocycles. The zero-order valence-electron chi connectivity index (χ0n) is 54.2. The van der Waals surface area contributed by atoms with Gasteiger partial charge in [-0.25, -0.2) is 0 Å². The molecule has 14 nitrogen and oxygen atoms in total. The summed E-state index contributed by atoms with van der Waals surface area (Å²) >= 11 is 1.77. The number of thiophene rings is 1. The Morgan fingerprint density at radius 1 is 0.494 bits per heavy atom. The van der Waals surface area contributed by atoms with E-state index >= 15 is 0 Å². The molecule has 5 aromatic rings. The molecule has 0 radical (unpaired) electrons. The van der Waals surface area contributed by atoms with Gasteiger partial charge in [0.2, 0.25) is 23.6 Å². The molecule has 15 heteroatoms. The summed E-state index contributed by atoms with van der Waals surface area (Å²) in [6.07, 6.45) is 20.0. The van der Waals surface area contributed by atoms with Crippen molar-refractivity contribution in [1.29, 1.82) is 0 Å². The van der Waals surface area contributed by atoms with Crippen LogP contribution in [0.1, 0.15) is 155 Å². The van der Waals surface area contributed by atoms with E-state index in [1.165, 1.54) is 128 Å². The van der Waals surface area contributed by atoms with Gasteiger partial charge < -0.3 is 39.4 Å². The highest BCUT2D eigenvalue weighted by Gasteiger charge is 2.48. The molecule has 8 aliphatic rings. The van der Waals surface area contributed by atoms with Crippen LogP contribution in [0.3, 0.4) is 0 Å². The smallest absolute Gasteiger partial charge is 0.236 e. The Bertz CT molecular complexity index is 3190. The SMILES string of the molecule is Cc1cc(C)cc(-c2[nH]c3sc(C(C)(C)C(=O)N4C5CCC4CC5)cc3c2CCN2CCN(CC(=O)N3CCCC3)CC2)c1.Cc1cc(C)cc(-c2[nH]cc(CCC(C)(C)C(=O)N3C4CCC3CC4)c2CCN2CCN(CC(=O)N3CCCC3)CC2)c1. The number of likely N-dealkylation sites (tertiary alicyclic amines) is 2. The van der Waals surface area contributed by atoms with Gasteiger partial charge in [0.05, 0.1) is 24.2 Å². The minimum atomic E-state index is -0.532. The van der Waals surface area contributed by atoms with Gasteiger partial charge in [0, 0.05) is 143 Å². The van der Waals surface area contributed by atoms with E-state index < -0.39 is 5.41 Å². The number of carbonyl (C=O) groups excluding carboxylic acids is 4. The molecule has 8 aliphatic heterocycles. The topological polar surface area (TPSA) is 126 Å². The molecule has 2 N–H and O–H groups in total. The van der Waals surface area contributed by atoms with Crippen molar-refractivity contribution in [2.24, 2.45) is 5.41 Å². The van der Waals surface area contributed by atoms with Crippen molar-refractivity contribution in [3.05, 3.63) is 92.5 Å². The first-order valence-electron chi connectivity index (χ1n) is 34.0. The summed E-state index contributed by atoms with van der Waals surface area (Å²) in [5.74, 6) is 1.28. The average molecular weight is 1200 g/mol. The van der Waals surface area contributed by atoms with Crippen LogP contribution in [0.2, 0.25) is 0 Å². The summed E-state index contributed by atoms with van der Waals surface area (Å²) in [5.41, 5.74) is 13.3. The molecule has 4 bridgehead atoms. The van der Waals surface area contributed by atoms with Gasteiger partial charge in [-0.3, -0.25) is 29.0 Å². The number of rotatable bonds is 18. The summed E-state index contributed by atoms with van der Waals surface area (Å²) in [5, 5.41) is 1.28. The number of nitrogens with zero attached hydrogens (tertiary/aromatic N) is 8. The van der Waals surface area contributed by atoms with Gasteiger partial charge in [-0.2, -0.15) is 0 Å². The van der Waals surface area contributed by atoms with Gasteiger partial charge in [0.25, 0.3) is 0 Å². The Morgan fingerprint density at radius 2 is 0.908 bits per heavy atom. The molecule has 3 aromatic heterocycles. The predicted molar refractivity (Wildman–Crippen MR) is 352 cm³/mol. The van der Waals surface area contributed by atoms with E-state index in [1.807, 2.05) is 9.80 Å². The molecule has 0 saturated carbocycles. The van der Waals surface area contributed by atoms with E-state index in [2.05, 4.69) is 143 Å². The van der Waals surface area contributed by atoms with Crippen LogP contribution in [-0.4, -0.2) is 202 Å². The van der Waals surface area contributed by atoms with Crippen molar-refractivity contribution >= 4 is 45.2 Å². The lowest BCUT2D eigenvalue weighted by Crippen LogP contribution is -2.50. The molecule has 0 atom stereocenters. The Kier molecular flexibility index (Phi) is 18.7. The van der Waals surface area contributed by atoms with E-state index in [0.717, 1.165) is 143 Å². The predicted octanol–water partition coefficient (Wildman–Crippen LogP) is 10.9. The summed E-state index contributed by atoms with van der Waals surface area (Å²) in [4.78, 5) is 81.3. The van der Waals surface area contributed by atoms with Gasteiger partial charge in [0.15, 0.2) is 0 Å². The fourth-order valence-corrected chi connectivity index (χ4v) is 17.7. The number of hydrogen-bond donors (Lipinski definition) is 2. The number of aromatic amines is 2. The first-order chi connectivity index (χ1) is 41.8. The molecule has 0 unspecified atom stereocenters. The molecule has 8 saturated heterocycles. The number of piperazine rings is 2. The molecule has 87 heavy (non-hydrogen) atoms. The third-order valence-electron chi connectivity index (χ3n) is 21.7. The second kappa shape index (κ2) is 26.3. The summed E-state index contributed by atoms with van der Waals surface area (Å²) in [6.45, 7) is 32.0. The van der Waals surface area contributed by atoms with Crippen molar-refractivity contribution in [2.45, 2.75) is 188 Å². The van der Waals surface area contributed by atoms with E-state index in [1.54, 1.807) is 11.3 Å². The average Bonchev–Trinajstić information content (AvgIpc) is 1.87. The maximum atomic E-state index is 14.0. The molecule has 0 spiro atoms. The molecule has 2 aromatic carbocycles. The van der Waals surface area contributed by atoms with Crippen LogP contribution < -0.4 is 0 Å². The highest BCUT2D eigenvalue weighted by Crippen LogP contribution is 2.46. The van der Waals surface area contributed by atoms with Crippen LogP contribution in [0.25, 0.3) is 32.7 Å². The summed E-state index contributed by atoms with van der Waals surface area (Å²) in [7, 11) is 0. The molecule has 470 valence electrons. The van der Waals surface area contributed by atoms with E-state index in [4.69, 9.17) is 0 Å². The molecule has 4 amide bonds. The molecule has 8 fully saturated rings. The second-order valence-corrected chi connectivity index (χ2v) is 30.1. The fourth-order valence-electron chi connectivity index (χ4n) is 16.6. The van der Waals surface area contributed by atoms with Crippen LogP contribution in [0.15, 0.2) is 48.7 Å². The van der Waals surface area contributed by atoms with Crippen molar-refractivity contribution in [1.82, 2.24) is 49.2 Å². The minimum absolute atomic E-state index is 0.302. The van der Waals surface area contributed by atoms with E-state index in [9.17, 15) is 19.2 Å². The standard InChI is InChI=1S/C36H49N5O2S.C36H53N5O2/c1-24-19-25(2)21-26(20-24)33-29(11-14-38-15-17-39(18-16-38)23-32(42)40-12-5-6-13-40)30-22-31(44-34(30)37-33)36(3,4)35(43)41-27-7-8-28(41)10-9-27;1-26-21-27(2)23-29(22-26)34-32(12-16-38-17-19-39(20-18-38)25-33(42)40-14-5-6-15-40)28(24-37-34)11-13-36(3,4)35(43)41-30-7-8-31(41)10-9-30/h19-22,27-28,37H,5-18,23H2,1-4H3;21-24,30-31,37H,5-20,25H2,1-4H3. The highest BCUT2D eigenvalue weighted by atomic mass is 32.1. The van der Waals surface area contributed by atoms with Crippen LogP contribution >= 0.6 is 11.3 Å². The molecular formula is C72H102N10O4S. The Labute approximate surface area is 523 Å². The number of aromatic nitrogens is 2.